The fourth-order valence-corrected chi connectivity index (χ4v) is 6.55. The third-order valence-electron chi connectivity index (χ3n) is 7.75. The lowest BCUT2D eigenvalue weighted by atomic mass is 10.0. The molecule has 0 aliphatic carbocycles. The molecule has 1 aliphatic heterocycles. The maximum absolute atomic E-state index is 13.0. The molecule has 1 aromatic rings. The van der Waals surface area contributed by atoms with E-state index in [4.69, 9.17) is 4.74 Å². The average Bonchev–Trinajstić information content (AvgIpc) is 3.34. The van der Waals surface area contributed by atoms with Crippen LogP contribution in [0.15, 0.2) is 24.3 Å². The van der Waals surface area contributed by atoms with Crippen molar-refractivity contribution in [1.82, 2.24) is 5.32 Å². The van der Waals surface area contributed by atoms with Crippen LogP contribution < -0.4 is 10.6 Å². The summed E-state index contributed by atoms with van der Waals surface area (Å²) in [6, 6.07) is 0. The van der Waals surface area contributed by atoms with Crippen molar-refractivity contribution < 1.29 is 14.3 Å². The Bertz CT molecular complexity index is 905. The first kappa shape index (κ1) is 35.3. The lowest BCUT2D eigenvalue weighted by Crippen LogP contribution is -2.24. The lowest BCUT2D eigenvalue weighted by Gasteiger charge is -2.14. The molecule has 0 unspecified atom stereocenters. The highest BCUT2D eigenvalue weighted by Crippen LogP contribution is 2.36. The van der Waals surface area contributed by atoms with Crippen LogP contribution in [0.5, 0.6) is 0 Å². The van der Waals surface area contributed by atoms with Crippen molar-refractivity contribution in [2.75, 3.05) is 18.5 Å². The highest BCUT2D eigenvalue weighted by Gasteiger charge is 2.27. The number of fused-ring (bicyclic) bond motifs is 1. The largest absolute Gasteiger partial charge is 0.462 e. The van der Waals surface area contributed by atoms with E-state index in [1.165, 1.54) is 94.8 Å². The first-order valence-corrected chi connectivity index (χ1v) is 17.6. The quantitative estimate of drug-likeness (QED) is 0.0718. The standard InChI is InChI=1S/C35H58N2O3S/c1-3-5-7-9-11-12-13-14-15-16-17-18-19-21-23-25-32(38)37-34-33(30-26-27-36-29-31(30)41-34)35(39)40-28-24-22-20-10-8-6-4-2/h6,8,20,22,36H,3-5,7,9-19,21,23-29H2,1-2H3,(H,37,38)/b8-6-,22-20-. The number of carbonyl (C=O) groups is 2. The molecule has 0 saturated heterocycles. The van der Waals surface area contributed by atoms with E-state index in [-0.39, 0.29) is 11.9 Å². The molecule has 2 rings (SSSR count). The average molecular weight is 587 g/mol. The number of anilines is 1. The van der Waals surface area contributed by atoms with Crippen molar-refractivity contribution in [1.29, 1.82) is 0 Å². The number of hydrogen-bond acceptors (Lipinski definition) is 5. The van der Waals surface area contributed by atoms with Crippen molar-refractivity contribution in [3.63, 3.8) is 0 Å². The van der Waals surface area contributed by atoms with Gasteiger partial charge in [0, 0.05) is 17.8 Å². The van der Waals surface area contributed by atoms with E-state index in [1.54, 1.807) is 0 Å². The zero-order valence-electron chi connectivity index (χ0n) is 26.2. The van der Waals surface area contributed by atoms with Crippen LogP contribution in [0, 0.1) is 0 Å². The number of unbranched alkanes of at least 4 members (excludes halogenated alkanes) is 14. The van der Waals surface area contributed by atoms with Gasteiger partial charge in [-0.25, -0.2) is 4.79 Å². The highest BCUT2D eigenvalue weighted by atomic mass is 32.1. The minimum atomic E-state index is -0.314. The van der Waals surface area contributed by atoms with Gasteiger partial charge in [-0.2, -0.15) is 0 Å². The van der Waals surface area contributed by atoms with Gasteiger partial charge in [0.15, 0.2) is 0 Å². The molecule has 2 N–H and O–H groups in total. The van der Waals surface area contributed by atoms with Crippen molar-refractivity contribution >= 4 is 28.2 Å². The summed E-state index contributed by atoms with van der Waals surface area (Å²) in [5.74, 6) is -0.311. The lowest BCUT2D eigenvalue weighted by molar-refractivity contribution is -0.116. The molecule has 0 spiro atoms. The van der Waals surface area contributed by atoms with Gasteiger partial charge < -0.3 is 15.4 Å². The summed E-state index contributed by atoms with van der Waals surface area (Å²) in [5.41, 5.74) is 1.62. The van der Waals surface area contributed by atoms with Gasteiger partial charge in [0.05, 0.1) is 12.2 Å². The maximum Gasteiger partial charge on any atom is 0.341 e. The smallest absolute Gasteiger partial charge is 0.341 e. The highest BCUT2D eigenvalue weighted by molar-refractivity contribution is 7.17. The molecule has 1 amide bonds. The Morgan fingerprint density at radius 2 is 1.44 bits per heavy atom. The summed E-state index contributed by atoms with van der Waals surface area (Å²) in [6.45, 7) is 6.32. The molecule has 0 saturated carbocycles. The molecule has 1 aromatic heterocycles. The van der Waals surface area contributed by atoms with Gasteiger partial charge in [-0.1, -0.05) is 128 Å². The summed E-state index contributed by atoms with van der Waals surface area (Å²) in [4.78, 5) is 26.9. The SMILES string of the molecule is CC/C=C\C/C=C\CCOC(=O)c1c(NC(=O)CCCCCCCCCCCCCCCCC)sc2c1CCNC2. The molecule has 0 atom stereocenters. The Balaban J connectivity index is 1.62. The Morgan fingerprint density at radius 1 is 0.829 bits per heavy atom. The molecule has 0 radical (unpaired) electrons. The number of allylic oxidation sites excluding steroid dienone is 3. The van der Waals surface area contributed by atoms with E-state index < -0.39 is 0 Å². The summed E-state index contributed by atoms with van der Waals surface area (Å²) >= 11 is 1.52. The normalized spacial score (nSPS) is 13.2. The van der Waals surface area contributed by atoms with Gasteiger partial charge in [0.25, 0.3) is 0 Å². The third kappa shape index (κ3) is 15.8. The van der Waals surface area contributed by atoms with Crippen LogP contribution in [0.25, 0.3) is 0 Å². The number of rotatable bonds is 24. The predicted octanol–water partition coefficient (Wildman–Crippen LogP) is 10.1. The molecule has 1 aliphatic rings. The first-order valence-electron chi connectivity index (χ1n) is 16.8. The number of esters is 1. The van der Waals surface area contributed by atoms with E-state index in [9.17, 15) is 9.59 Å². The van der Waals surface area contributed by atoms with Crippen LogP contribution in [-0.2, 0) is 22.5 Å². The van der Waals surface area contributed by atoms with Crippen LogP contribution >= 0.6 is 11.3 Å². The van der Waals surface area contributed by atoms with Gasteiger partial charge in [0.2, 0.25) is 5.91 Å². The van der Waals surface area contributed by atoms with Gasteiger partial charge in [0.1, 0.15) is 5.00 Å². The third-order valence-corrected chi connectivity index (χ3v) is 8.90. The molecule has 0 aromatic carbocycles. The Morgan fingerprint density at radius 3 is 2.07 bits per heavy atom. The monoisotopic (exact) mass is 586 g/mol. The van der Waals surface area contributed by atoms with Gasteiger partial charge in [-0.05, 0) is 44.2 Å². The van der Waals surface area contributed by atoms with Crippen LogP contribution in [-0.4, -0.2) is 25.0 Å². The topological polar surface area (TPSA) is 67.4 Å². The second-order valence-electron chi connectivity index (χ2n) is 11.4. The number of thiophene rings is 1. The molecular weight excluding hydrogens is 528 g/mol. The van der Waals surface area contributed by atoms with E-state index in [2.05, 4.69) is 48.8 Å². The fourth-order valence-electron chi connectivity index (χ4n) is 5.33. The van der Waals surface area contributed by atoms with Crippen molar-refractivity contribution in [2.45, 2.75) is 149 Å². The Hall–Kier alpha value is -1.92. The zero-order chi connectivity index (χ0) is 29.4. The van der Waals surface area contributed by atoms with E-state index in [1.807, 2.05) is 0 Å². The maximum atomic E-state index is 13.0. The second kappa shape index (κ2) is 23.6. The summed E-state index contributed by atoms with van der Waals surface area (Å²) in [5, 5.41) is 7.09. The number of amides is 1. The number of carbonyl (C=O) groups excluding carboxylic acids is 2. The van der Waals surface area contributed by atoms with Crippen molar-refractivity contribution in [3.05, 3.63) is 40.3 Å². The van der Waals surface area contributed by atoms with Crippen LogP contribution in [0.3, 0.4) is 0 Å². The van der Waals surface area contributed by atoms with Crippen molar-refractivity contribution in [2.24, 2.45) is 0 Å². The minimum absolute atomic E-state index is 0.00312. The molecular formula is C35H58N2O3S. The molecule has 0 bridgehead atoms. The van der Waals surface area contributed by atoms with Crippen LogP contribution in [0.4, 0.5) is 5.00 Å². The van der Waals surface area contributed by atoms with E-state index >= 15 is 0 Å². The Labute approximate surface area is 255 Å². The molecule has 0 fully saturated rings. The molecule has 6 heteroatoms. The Kier molecular flexibility index (Phi) is 20.3. The number of ether oxygens (including phenoxy) is 1. The van der Waals surface area contributed by atoms with Gasteiger partial charge in [-0.3, -0.25) is 4.79 Å². The number of nitrogens with one attached hydrogen (secondary N) is 2. The summed E-state index contributed by atoms with van der Waals surface area (Å²) in [6.07, 6.45) is 32.0. The fraction of sp³-hybridized carbons (Fsp3) is 0.714. The minimum Gasteiger partial charge on any atom is -0.462 e. The first-order chi connectivity index (χ1) is 20.2. The predicted molar refractivity (Wildman–Crippen MR) is 176 cm³/mol. The van der Waals surface area contributed by atoms with Crippen LogP contribution in [0.1, 0.15) is 157 Å². The molecule has 232 valence electrons. The molecule has 2 heterocycles. The van der Waals surface area contributed by atoms with Crippen molar-refractivity contribution in [3.8, 4) is 0 Å². The van der Waals surface area contributed by atoms with Gasteiger partial charge in [-0.15, -0.1) is 11.3 Å². The van der Waals surface area contributed by atoms with E-state index in [0.29, 0.717) is 30.0 Å². The van der Waals surface area contributed by atoms with Crippen LogP contribution in [0.2, 0.25) is 0 Å². The zero-order valence-corrected chi connectivity index (χ0v) is 27.0. The number of hydrogen-bond donors (Lipinski definition) is 2. The summed E-state index contributed by atoms with van der Waals surface area (Å²) in [7, 11) is 0. The molecule has 41 heavy (non-hydrogen) atoms. The van der Waals surface area contributed by atoms with Gasteiger partial charge >= 0.3 is 5.97 Å². The second-order valence-corrected chi connectivity index (χ2v) is 12.5. The molecule has 5 nitrogen and oxygen atoms in total. The summed E-state index contributed by atoms with van der Waals surface area (Å²) < 4.78 is 5.62. The van der Waals surface area contributed by atoms with E-state index in [0.717, 1.165) is 55.6 Å².